The number of piperidine rings is 1. The summed E-state index contributed by atoms with van der Waals surface area (Å²) >= 11 is 0. The molecule has 1 spiro atoms. The van der Waals surface area contributed by atoms with Crippen LogP contribution in [0.5, 0.6) is 0 Å². The minimum Gasteiger partial charge on any atom is -0.355 e. The molecular formula is C17H29N3O2. The largest absolute Gasteiger partial charge is 0.355 e. The van der Waals surface area contributed by atoms with E-state index in [1.807, 2.05) is 14.1 Å². The Balaban J connectivity index is 1.57. The first-order valence-corrected chi connectivity index (χ1v) is 8.69. The average molecular weight is 307 g/mol. The minimum atomic E-state index is -0.352. The first-order chi connectivity index (χ1) is 10.5. The summed E-state index contributed by atoms with van der Waals surface area (Å²) in [5.41, 5.74) is -0.0843. The molecule has 2 amide bonds. The fraction of sp³-hybridized carbons (Fsp3) is 0.882. The first kappa shape index (κ1) is 15.8. The molecule has 22 heavy (non-hydrogen) atoms. The van der Waals surface area contributed by atoms with Crippen molar-refractivity contribution < 1.29 is 9.59 Å². The zero-order valence-electron chi connectivity index (χ0n) is 13.9. The molecule has 1 saturated heterocycles. The fourth-order valence-corrected chi connectivity index (χ4v) is 4.57. The van der Waals surface area contributed by atoms with Crippen LogP contribution in [-0.2, 0) is 9.59 Å². The quantitative estimate of drug-likeness (QED) is 0.819. The predicted octanol–water partition coefficient (Wildman–Crippen LogP) is 1.14. The maximum absolute atomic E-state index is 12.5. The number of carbonyl (C=O) groups is 2. The van der Waals surface area contributed by atoms with E-state index >= 15 is 0 Å². The van der Waals surface area contributed by atoms with Gasteiger partial charge in [0, 0.05) is 26.6 Å². The van der Waals surface area contributed by atoms with Crippen molar-refractivity contribution in [3.8, 4) is 0 Å². The molecule has 3 aliphatic rings. The lowest BCUT2D eigenvalue weighted by Crippen LogP contribution is -2.47. The second-order valence-electron chi connectivity index (χ2n) is 7.77. The van der Waals surface area contributed by atoms with E-state index in [1.54, 1.807) is 4.90 Å². The third-order valence-corrected chi connectivity index (χ3v) is 6.13. The Labute approximate surface area is 133 Å². The van der Waals surface area contributed by atoms with Gasteiger partial charge >= 0.3 is 0 Å². The van der Waals surface area contributed by atoms with Crippen LogP contribution in [0.2, 0.25) is 0 Å². The van der Waals surface area contributed by atoms with Crippen LogP contribution in [0.4, 0.5) is 0 Å². The van der Waals surface area contributed by atoms with Crippen LogP contribution in [0.25, 0.3) is 0 Å². The van der Waals surface area contributed by atoms with E-state index in [1.165, 1.54) is 0 Å². The van der Waals surface area contributed by atoms with E-state index in [9.17, 15) is 9.59 Å². The van der Waals surface area contributed by atoms with E-state index in [2.05, 4.69) is 10.6 Å². The van der Waals surface area contributed by atoms with Crippen LogP contribution in [0.3, 0.4) is 0 Å². The molecule has 5 heteroatoms. The van der Waals surface area contributed by atoms with Crippen LogP contribution in [0, 0.1) is 16.7 Å². The third-order valence-electron chi connectivity index (χ3n) is 6.13. The van der Waals surface area contributed by atoms with Crippen LogP contribution in [0.1, 0.15) is 44.9 Å². The summed E-state index contributed by atoms with van der Waals surface area (Å²) in [5, 5.41) is 6.50. The van der Waals surface area contributed by atoms with Crippen molar-refractivity contribution in [1.82, 2.24) is 15.5 Å². The lowest BCUT2D eigenvalue weighted by Gasteiger charge is -2.31. The van der Waals surface area contributed by atoms with Crippen molar-refractivity contribution in [2.45, 2.75) is 44.9 Å². The van der Waals surface area contributed by atoms with Gasteiger partial charge in [-0.15, -0.1) is 0 Å². The van der Waals surface area contributed by atoms with Crippen LogP contribution in [0.15, 0.2) is 0 Å². The number of hydrogen-bond donors (Lipinski definition) is 2. The van der Waals surface area contributed by atoms with Crippen molar-refractivity contribution in [2.24, 2.45) is 16.7 Å². The zero-order valence-corrected chi connectivity index (χ0v) is 13.9. The monoisotopic (exact) mass is 307 g/mol. The predicted molar refractivity (Wildman–Crippen MR) is 85.2 cm³/mol. The van der Waals surface area contributed by atoms with Gasteiger partial charge in [-0.1, -0.05) is 12.8 Å². The Bertz CT molecular complexity index is 449. The van der Waals surface area contributed by atoms with Gasteiger partial charge in [-0.2, -0.15) is 0 Å². The summed E-state index contributed by atoms with van der Waals surface area (Å²) in [6.07, 6.45) is 7.27. The molecule has 2 N–H and O–H groups in total. The zero-order chi connectivity index (χ0) is 15.8. The standard InChI is InChI=1S/C17H29N3O2/c1-20(2)15(22)17(5-3-4-6-17)12-19-14(21)13-11-16(13)7-9-18-10-8-16/h13,18H,3-12H2,1-2H3,(H,19,21). The Morgan fingerprint density at radius 2 is 1.77 bits per heavy atom. The molecule has 0 radical (unpaired) electrons. The molecule has 124 valence electrons. The molecular weight excluding hydrogens is 278 g/mol. The van der Waals surface area contributed by atoms with Crippen molar-refractivity contribution in [1.29, 1.82) is 0 Å². The van der Waals surface area contributed by atoms with Gasteiger partial charge in [-0.05, 0) is 50.6 Å². The Hall–Kier alpha value is -1.10. The highest BCUT2D eigenvalue weighted by molar-refractivity contribution is 5.86. The van der Waals surface area contributed by atoms with E-state index in [0.29, 0.717) is 6.54 Å². The van der Waals surface area contributed by atoms with Crippen LogP contribution in [-0.4, -0.2) is 50.4 Å². The number of carbonyl (C=O) groups excluding carboxylic acids is 2. The lowest BCUT2D eigenvalue weighted by molar-refractivity contribution is -0.139. The second kappa shape index (κ2) is 5.84. The molecule has 0 aromatic rings. The summed E-state index contributed by atoms with van der Waals surface area (Å²) in [4.78, 5) is 26.7. The first-order valence-electron chi connectivity index (χ1n) is 8.69. The van der Waals surface area contributed by atoms with E-state index in [-0.39, 0.29) is 28.6 Å². The van der Waals surface area contributed by atoms with Crippen LogP contribution < -0.4 is 10.6 Å². The molecule has 1 atom stereocenters. The van der Waals surface area contributed by atoms with Gasteiger partial charge < -0.3 is 15.5 Å². The van der Waals surface area contributed by atoms with E-state index in [0.717, 1.165) is 58.0 Å². The van der Waals surface area contributed by atoms with Crippen molar-refractivity contribution >= 4 is 11.8 Å². The molecule has 1 heterocycles. The SMILES string of the molecule is CN(C)C(=O)C1(CNC(=O)C2CC23CCNCC3)CCCC1. The van der Waals surface area contributed by atoms with Gasteiger partial charge in [0.25, 0.3) is 0 Å². The highest BCUT2D eigenvalue weighted by Crippen LogP contribution is 2.58. The van der Waals surface area contributed by atoms with Gasteiger partial charge in [-0.3, -0.25) is 9.59 Å². The topological polar surface area (TPSA) is 61.4 Å². The number of amides is 2. The summed E-state index contributed by atoms with van der Waals surface area (Å²) in [6.45, 7) is 2.59. The molecule has 1 aliphatic heterocycles. The summed E-state index contributed by atoms with van der Waals surface area (Å²) in [6, 6.07) is 0. The van der Waals surface area contributed by atoms with E-state index < -0.39 is 0 Å². The van der Waals surface area contributed by atoms with Crippen molar-refractivity contribution in [3.05, 3.63) is 0 Å². The van der Waals surface area contributed by atoms with Gasteiger partial charge in [-0.25, -0.2) is 0 Å². The average Bonchev–Trinajstić information content (AvgIpc) is 2.99. The normalized spacial score (nSPS) is 28.4. The smallest absolute Gasteiger partial charge is 0.230 e. The Morgan fingerprint density at radius 3 is 2.36 bits per heavy atom. The Kier molecular flexibility index (Phi) is 4.19. The summed E-state index contributed by atoms with van der Waals surface area (Å²) in [5.74, 6) is 0.542. The highest BCUT2D eigenvalue weighted by atomic mass is 16.2. The second-order valence-corrected chi connectivity index (χ2v) is 7.77. The molecule has 0 bridgehead atoms. The molecule has 2 saturated carbocycles. The maximum atomic E-state index is 12.5. The molecule has 5 nitrogen and oxygen atoms in total. The minimum absolute atomic E-state index is 0.178. The fourth-order valence-electron chi connectivity index (χ4n) is 4.57. The van der Waals surface area contributed by atoms with Gasteiger partial charge in [0.1, 0.15) is 0 Å². The maximum Gasteiger partial charge on any atom is 0.230 e. The molecule has 2 aliphatic carbocycles. The highest BCUT2D eigenvalue weighted by Gasteiger charge is 2.57. The number of hydrogen-bond acceptors (Lipinski definition) is 3. The molecule has 1 unspecified atom stereocenters. The molecule has 0 aromatic heterocycles. The van der Waals surface area contributed by atoms with Gasteiger partial charge in [0.15, 0.2) is 0 Å². The number of rotatable bonds is 4. The molecule has 3 rings (SSSR count). The number of nitrogens with zero attached hydrogens (tertiary/aromatic N) is 1. The van der Waals surface area contributed by atoms with Crippen LogP contribution >= 0.6 is 0 Å². The van der Waals surface area contributed by atoms with Crippen molar-refractivity contribution in [2.75, 3.05) is 33.7 Å². The van der Waals surface area contributed by atoms with Crippen molar-refractivity contribution in [3.63, 3.8) is 0 Å². The summed E-state index contributed by atoms with van der Waals surface area (Å²) in [7, 11) is 3.63. The third kappa shape index (κ3) is 2.75. The molecule has 3 fully saturated rings. The molecule has 0 aromatic carbocycles. The Morgan fingerprint density at radius 1 is 1.14 bits per heavy atom. The summed E-state index contributed by atoms with van der Waals surface area (Å²) < 4.78 is 0. The van der Waals surface area contributed by atoms with E-state index in [4.69, 9.17) is 0 Å². The number of nitrogens with one attached hydrogen (secondary N) is 2. The van der Waals surface area contributed by atoms with Gasteiger partial charge in [0.05, 0.1) is 5.41 Å². The lowest BCUT2D eigenvalue weighted by atomic mass is 9.84. The van der Waals surface area contributed by atoms with Gasteiger partial charge in [0.2, 0.25) is 11.8 Å².